The quantitative estimate of drug-likeness (QED) is 0.230. The van der Waals surface area contributed by atoms with Gasteiger partial charge in [0.15, 0.2) is 0 Å². The van der Waals surface area contributed by atoms with Crippen molar-refractivity contribution in [1.82, 2.24) is 0 Å². The number of hydrogen-bond acceptors (Lipinski definition) is 4. The fourth-order valence-electron chi connectivity index (χ4n) is 2.66. The van der Waals surface area contributed by atoms with E-state index in [4.69, 9.17) is 19.2 Å². The first kappa shape index (κ1) is 33.0. The molecule has 6 heteroatoms. The van der Waals surface area contributed by atoms with Crippen LogP contribution in [0.25, 0.3) is 0 Å². The maximum Gasteiger partial charge on any atom is 4.00 e. The van der Waals surface area contributed by atoms with E-state index in [1.165, 1.54) is 32.6 Å². The van der Waals surface area contributed by atoms with Crippen molar-refractivity contribution in [2.24, 2.45) is 0 Å². The summed E-state index contributed by atoms with van der Waals surface area (Å²) in [7, 11) is -0.927. The Hall–Kier alpha value is -2.61. The van der Waals surface area contributed by atoms with Crippen LogP contribution in [0.5, 0.6) is 0 Å². The molecule has 0 amide bonds. The van der Waals surface area contributed by atoms with E-state index in [2.05, 4.69) is 121 Å². The summed E-state index contributed by atoms with van der Waals surface area (Å²) in [5, 5.41) is 4.34. The van der Waals surface area contributed by atoms with E-state index in [0.29, 0.717) is 0 Å². The van der Waals surface area contributed by atoms with Gasteiger partial charge in [0.05, 0.1) is 7.92 Å². The number of hydrogen-bond donors (Lipinski definition) is 0. The van der Waals surface area contributed by atoms with Gasteiger partial charge in [-0.05, 0) is 57.2 Å². The van der Waals surface area contributed by atoms with Crippen molar-refractivity contribution in [2.45, 2.75) is 20.8 Å². The van der Waals surface area contributed by atoms with Crippen LogP contribution in [0.15, 0.2) is 72.8 Å². The van der Waals surface area contributed by atoms with Crippen molar-refractivity contribution >= 4 is 51.0 Å². The van der Waals surface area contributed by atoms with E-state index >= 15 is 0 Å². The minimum atomic E-state index is -0.927. The van der Waals surface area contributed by atoms with Gasteiger partial charge in [0.1, 0.15) is 15.9 Å². The largest absolute Gasteiger partial charge is 4.00 e. The van der Waals surface area contributed by atoms with Gasteiger partial charge in [-0.25, -0.2) is 0 Å². The summed E-state index contributed by atoms with van der Waals surface area (Å²) in [6.07, 6.45) is 0. The van der Waals surface area contributed by atoms with Crippen molar-refractivity contribution in [3.8, 4) is 0 Å². The van der Waals surface area contributed by atoms with Crippen LogP contribution in [-0.2, 0) is 38.7 Å². The van der Waals surface area contributed by atoms with Crippen LogP contribution in [-0.4, -0.2) is 27.2 Å². The molecule has 0 aliphatic heterocycles. The van der Waals surface area contributed by atoms with Gasteiger partial charge in [-0.15, -0.1) is 0 Å². The van der Waals surface area contributed by atoms with Gasteiger partial charge in [-0.1, -0.05) is 53.1 Å². The standard InChI is InChI=1S/C21H21P.4CHO.Ru/c1-16-4-10-19(11-5-16)22(20-12-6-17(2)7-13-20)21-14-8-18(3)9-15-21;4*1-2;/h4-15H,1-3H3;4*1H;/q;4*-1;+4/p+1. The van der Waals surface area contributed by atoms with E-state index in [-0.39, 0.29) is 19.5 Å². The Balaban J connectivity index is -0.000000785. The third kappa shape index (κ3) is 11.4. The molecule has 0 aromatic heterocycles. The molecule has 3 aromatic carbocycles. The topological polar surface area (TPSA) is 68.3 Å². The van der Waals surface area contributed by atoms with E-state index in [0.717, 1.165) is 0 Å². The number of aryl methyl sites for hydroxylation is 3. The van der Waals surface area contributed by atoms with Crippen molar-refractivity contribution < 1.29 is 38.7 Å². The summed E-state index contributed by atoms with van der Waals surface area (Å²) >= 11 is 0. The van der Waals surface area contributed by atoms with E-state index in [9.17, 15) is 0 Å². The average Bonchev–Trinajstić information content (AvgIpc) is 2.83. The molecular weight excluding hydrogens is 496 g/mol. The van der Waals surface area contributed by atoms with Crippen molar-refractivity contribution in [2.75, 3.05) is 0 Å². The normalized spacial score (nSPS) is 8.26. The minimum Gasteiger partial charge on any atom is -0.545 e. The first-order valence-electron chi connectivity index (χ1n) is 8.66. The Bertz CT molecular complexity index is 705. The summed E-state index contributed by atoms with van der Waals surface area (Å²) in [5.74, 6) is 0. The Morgan fingerprint density at radius 1 is 0.419 bits per heavy atom. The molecule has 0 bridgehead atoms. The van der Waals surface area contributed by atoms with Gasteiger partial charge in [0, 0.05) is 0 Å². The van der Waals surface area contributed by atoms with Crippen LogP contribution in [0.3, 0.4) is 0 Å². The fraction of sp³-hybridized carbons (Fsp3) is 0.120. The summed E-state index contributed by atoms with van der Waals surface area (Å²) in [6, 6.07) is 27.1. The molecule has 4 nitrogen and oxygen atoms in total. The molecule has 0 fully saturated rings. The van der Waals surface area contributed by atoms with Crippen molar-refractivity contribution in [3.63, 3.8) is 0 Å². The second-order valence-corrected chi connectivity index (χ2v) is 8.46. The van der Waals surface area contributed by atoms with Gasteiger partial charge >= 0.3 is 19.5 Å². The molecule has 0 radical (unpaired) electrons. The molecule has 0 spiro atoms. The van der Waals surface area contributed by atoms with Gasteiger partial charge in [-0.2, -0.15) is 0 Å². The van der Waals surface area contributed by atoms with Gasteiger partial charge in [0.25, 0.3) is 0 Å². The Kier molecular flexibility index (Phi) is 22.0. The predicted molar refractivity (Wildman–Crippen MR) is 128 cm³/mol. The third-order valence-electron chi connectivity index (χ3n) is 4.02. The summed E-state index contributed by atoms with van der Waals surface area (Å²) in [5.41, 5.74) is 3.95. The fourth-order valence-corrected chi connectivity index (χ4v) is 5.16. The molecule has 0 saturated carbocycles. The molecule has 162 valence electrons. The first-order valence-corrected chi connectivity index (χ1v) is 10.2. The third-order valence-corrected chi connectivity index (χ3v) is 6.75. The van der Waals surface area contributed by atoms with Crippen LogP contribution in [0, 0.1) is 20.8 Å². The molecule has 0 N–H and O–H groups in total. The smallest absolute Gasteiger partial charge is 0.545 e. The summed E-state index contributed by atoms with van der Waals surface area (Å²) in [6.45, 7) is 19.4. The zero-order valence-electron chi connectivity index (χ0n) is 17.7. The van der Waals surface area contributed by atoms with Crippen LogP contribution in [0.4, 0.5) is 0 Å². The number of rotatable bonds is 3. The van der Waals surface area contributed by atoms with E-state index < -0.39 is 7.92 Å². The predicted octanol–water partition coefficient (Wildman–Crippen LogP) is 3.00. The number of benzene rings is 3. The van der Waals surface area contributed by atoms with Crippen LogP contribution in [0.1, 0.15) is 16.7 Å². The van der Waals surface area contributed by atoms with Crippen LogP contribution < -0.4 is 15.9 Å². The Labute approximate surface area is 199 Å². The van der Waals surface area contributed by atoms with Crippen molar-refractivity contribution in [1.29, 1.82) is 0 Å². The van der Waals surface area contributed by atoms with Crippen LogP contribution >= 0.6 is 7.92 Å². The second-order valence-electron chi connectivity index (χ2n) is 5.97. The van der Waals surface area contributed by atoms with Gasteiger partial charge in [-0.3, -0.25) is 27.2 Å². The SMILES string of the molecule is Cc1ccc([PH+](c2ccc(C)cc2)c2ccc(C)cc2)cc1.[CH-]=O.[CH-]=O.[CH-]=O.[CH-]=O.[Ru+4]. The maximum atomic E-state index is 7.75. The molecule has 0 saturated heterocycles. The molecule has 3 aromatic rings. The van der Waals surface area contributed by atoms with Crippen LogP contribution in [0.2, 0.25) is 0 Å². The zero-order chi connectivity index (χ0) is 23.5. The molecular formula is C25H26O4PRu+. The van der Waals surface area contributed by atoms with Gasteiger partial charge < -0.3 is 19.2 Å². The summed E-state index contributed by atoms with van der Waals surface area (Å²) < 4.78 is 0. The van der Waals surface area contributed by atoms with E-state index in [1.807, 2.05) is 0 Å². The molecule has 31 heavy (non-hydrogen) atoms. The summed E-state index contributed by atoms with van der Waals surface area (Å²) in [4.78, 5) is 31.0. The Morgan fingerprint density at radius 2 is 0.581 bits per heavy atom. The van der Waals surface area contributed by atoms with E-state index in [1.54, 1.807) is 0 Å². The molecule has 3 rings (SSSR count). The van der Waals surface area contributed by atoms with Crippen molar-refractivity contribution in [3.05, 3.63) is 89.5 Å². The monoisotopic (exact) mass is 523 g/mol. The average molecular weight is 523 g/mol. The molecule has 0 aliphatic carbocycles. The second kappa shape index (κ2) is 20.7. The Morgan fingerprint density at radius 3 is 0.742 bits per heavy atom. The van der Waals surface area contributed by atoms with Gasteiger partial charge in [0.2, 0.25) is 0 Å². The molecule has 0 heterocycles. The maximum absolute atomic E-state index is 7.75. The first-order chi connectivity index (χ1) is 14.6. The number of carbonyl (C=O) groups excluding carboxylic acids is 4. The molecule has 0 unspecified atom stereocenters. The molecule has 0 aliphatic rings. The minimum absolute atomic E-state index is 0. The zero-order valence-corrected chi connectivity index (χ0v) is 20.5. The molecule has 0 atom stereocenters.